The minimum Gasteiger partial charge on any atom is -0.497 e. The van der Waals surface area contributed by atoms with Crippen molar-refractivity contribution < 1.29 is 14.6 Å². The first-order valence-electron chi connectivity index (χ1n) is 11.0. The van der Waals surface area contributed by atoms with Crippen molar-refractivity contribution in [3.8, 4) is 22.8 Å². The van der Waals surface area contributed by atoms with E-state index in [4.69, 9.17) is 14.5 Å². The number of rotatable bonds is 9. The van der Waals surface area contributed by atoms with Crippen LogP contribution in [-0.2, 0) is 7.05 Å². The molecule has 1 unspecified atom stereocenters. The zero-order valence-corrected chi connectivity index (χ0v) is 20.1. The normalized spacial score (nSPS) is 13.0. The number of aliphatic hydroxyl groups is 1. The number of hydrogen-bond acceptors (Lipinski definition) is 8. The Morgan fingerprint density at radius 3 is 2.38 bits per heavy atom. The Morgan fingerprint density at radius 1 is 1.03 bits per heavy atom. The molecule has 0 aliphatic rings. The second-order valence-electron chi connectivity index (χ2n) is 8.52. The summed E-state index contributed by atoms with van der Waals surface area (Å²) in [6, 6.07) is 11.5. The lowest BCUT2D eigenvalue weighted by Crippen LogP contribution is -2.45. The van der Waals surface area contributed by atoms with Crippen molar-refractivity contribution in [1.82, 2.24) is 25.1 Å². The van der Waals surface area contributed by atoms with E-state index in [-0.39, 0.29) is 0 Å². The van der Waals surface area contributed by atoms with Crippen molar-refractivity contribution in [2.24, 2.45) is 7.05 Å². The fourth-order valence-corrected chi connectivity index (χ4v) is 3.92. The molecule has 2 N–H and O–H groups in total. The molecule has 34 heavy (non-hydrogen) atoms. The zero-order valence-electron chi connectivity index (χ0n) is 20.1. The van der Waals surface area contributed by atoms with E-state index in [1.54, 1.807) is 38.2 Å². The number of anilines is 2. The number of methoxy groups -OCH3 is 2. The van der Waals surface area contributed by atoms with Crippen molar-refractivity contribution >= 4 is 22.4 Å². The molecule has 1 atom stereocenters. The Labute approximate surface area is 199 Å². The van der Waals surface area contributed by atoms with Crippen LogP contribution in [0.2, 0.25) is 0 Å². The van der Waals surface area contributed by atoms with Crippen LogP contribution in [0.4, 0.5) is 11.4 Å². The van der Waals surface area contributed by atoms with Gasteiger partial charge in [0, 0.05) is 54.9 Å². The van der Waals surface area contributed by atoms with Gasteiger partial charge in [0.1, 0.15) is 11.5 Å². The van der Waals surface area contributed by atoms with Crippen molar-refractivity contribution in [3.05, 3.63) is 55.0 Å². The molecule has 0 spiro atoms. The van der Waals surface area contributed by atoms with E-state index in [0.29, 0.717) is 24.6 Å². The van der Waals surface area contributed by atoms with E-state index in [1.807, 2.05) is 61.6 Å². The van der Waals surface area contributed by atoms with Gasteiger partial charge in [-0.3, -0.25) is 9.67 Å². The van der Waals surface area contributed by atoms with Crippen molar-refractivity contribution in [2.75, 3.05) is 39.3 Å². The van der Waals surface area contributed by atoms with Gasteiger partial charge in [-0.2, -0.15) is 5.10 Å². The number of aryl methyl sites for hydroxylation is 1. The van der Waals surface area contributed by atoms with Crippen LogP contribution < -0.4 is 19.7 Å². The third-order valence-corrected chi connectivity index (χ3v) is 5.54. The lowest BCUT2D eigenvalue weighted by atomic mass is 10.0. The predicted molar refractivity (Wildman–Crippen MR) is 133 cm³/mol. The van der Waals surface area contributed by atoms with Crippen molar-refractivity contribution in [1.29, 1.82) is 0 Å². The fraction of sp³-hybridized carbons (Fsp3) is 0.320. The van der Waals surface area contributed by atoms with Gasteiger partial charge in [0.15, 0.2) is 0 Å². The second kappa shape index (κ2) is 9.66. The number of aromatic nitrogens is 4. The molecule has 0 saturated heterocycles. The number of ether oxygens (including phenoxy) is 2. The highest BCUT2D eigenvalue weighted by Gasteiger charge is 2.26. The largest absolute Gasteiger partial charge is 0.497 e. The molecule has 178 valence electrons. The summed E-state index contributed by atoms with van der Waals surface area (Å²) in [6.45, 7) is 2.55. The monoisotopic (exact) mass is 462 g/mol. The first-order valence-corrected chi connectivity index (χ1v) is 11.0. The Bertz CT molecular complexity index is 1260. The third-order valence-electron chi connectivity index (χ3n) is 5.54. The van der Waals surface area contributed by atoms with Crippen LogP contribution in [0, 0.1) is 0 Å². The van der Waals surface area contributed by atoms with Gasteiger partial charge in [0.05, 0.1) is 55.5 Å². The number of hydrogen-bond donors (Lipinski definition) is 2. The number of benzene rings is 2. The summed E-state index contributed by atoms with van der Waals surface area (Å²) in [7, 11) is 6.92. The summed E-state index contributed by atoms with van der Waals surface area (Å²) in [5.41, 5.74) is 3.83. The highest BCUT2D eigenvalue weighted by molar-refractivity contribution is 5.82. The minimum absolute atomic E-state index is 0.325. The van der Waals surface area contributed by atoms with E-state index in [9.17, 15) is 5.11 Å². The molecule has 4 rings (SSSR count). The van der Waals surface area contributed by atoms with Crippen LogP contribution in [0.3, 0.4) is 0 Å². The smallest absolute Gasteiger partial charge is 0.124 e. The van der Waals surface area contributed by atoms with E-state index >= 15 is 0 Å². The van der Waals surface area contributed by atoms with Gasteiger partial charge in [0.25, 0.3) is 0 Å². The van der Waals surface area contributed by atoms with Gasteiger partial charge in [0.2, 0.25) is 0 Å². The van der Waals surface area contributed by atoms with Gasteiger partial charge < -0.3 is 24.8 Å². The van der Waals surface area contributed by atoms with Gasteiger partial charge in [-0.15, -0.1) is 0 Å². The minimum atomic E-state index is -1.01. The maximum Gasteiger partial charge on any atom is 0.124 e. The highest BCUT2D eigenvalue weighted by Crippen LogP contribution is 2.35. The summed E-state index contributed by atoms with van der Waals surface area (Å²) < 4.78 is 12.7. The Morgan fingerprint density at radius 2 is 1.76 bits per heavy atom. The van der Waals surface area contributed by atoms with Crippen LogP contribution in [0.15, 0.2) is 55.0 Å². The molecular formula is C25H30N6O3. The number of nitrogens with zero attached hydrogens (tertiary/aromatic N) is 5. The van der Waals surface area contributed by atoms with E-state index in [1.165, 1.54) is 0 Å². The maximum absolute atomic E-state index is 11.1. The van der Waals surface area contributed by atoms with Crippen LogP contribution in [-0.4, -0.2) is 64.8 Å². The molecule has 2 aromatic heterocycles. The first-order chi connectivity index (χ1) is 16.3. The molecule has 0 amide bonds. The standard InChI is InChI=1S/C25H30N6O3/c1-25(32,15-26-2)16-31(19-8-20(33-4)11-21(9-19)34-5)18-6-7-22-23(10-18)29-24(13-27-22)17-12-28-30(3)14-17/h6-14,26,32H,15-16H2,1-5H3. The van der Waals surface area contributed by atoms with Gasteiger partial charge in [-0.1, -0.05) is 0 Å². The molecule has 9 heteroatoms. The molecule has 0 saturated carbocycles. The van der Waals surface area contributed by atoms with Crippen molar-refractivity contribution in [2.45, 2.75) is 12.5 Å². The Kier molecular flexibility index (Phi) is 6.67. The van der Waals surface area contributed by atoms with Gasteiger partial charge in [-0.25, -0.2) is 4.98 Å². The topological polar surface area (TPSA) is 97.6 Å². The quantitative estimate of drug-likeness (QED) is 0.392. The van der Waals surface area contributed by atoms with Crippen LogP contribution in [0.25, 0.3) is 22.3 Å². The molecule has 0 aliphatic heterocycles. The number of likely N-dealkylation sites (N-methyl/N-ethyl adjacent to an activating group) is 1. The van der Waals surface area contributed by atoms with Gasteiger partial charge >= 0.3 is 0 Å². The van der Waals surface area contributed by atoms with Gasteiger partial charge in [-0.05, 0) is 32.2 Å². The number of fused-ring (bicyclic) bond motifs is 1. The Balaban J connectivity index is 1.82. The molecule has 0 aliphatic carbocycles. The third kappa shape index (κ3) is 5.11. The van der Waals surface area contributed by atoms with Crippen molar-refractivity contribution in [3.63, 3.8) is 0 Å². The summed E-state index contributed by atoms with van der Waals surface area (Å²) >= 11 is 0. The zero-order chi connectivity index (χ0) is 24.3. The van der Waals surface area contributed by atoms with E-state index in [0.717, 1.165) is 33.7 Å². The average Bonchev–Trinajstić information content (AvgIpc) is 3.27. The van der Waals surface area contributed by atoms with Crippen LogP contribution in [0.5, 0.6) is 11.5 Å². The predicted octanol–water partition coefficient (Wildman–Crippen LogP) is 3.16. The molecule has 0 radical (unpaired) electrons. The summed E-state index contributed by atoms with van der Waals surface area (Å²) in [5.74, 6) is 1.32. The fourth-order valence-electron chi connectivity index (χ4n) is 3.92. The number of nitrogens with one attached hydrogen (secondary N) is 1. The average molecular weight is 463 g/mol. The first kappa shape index (κ1) is 23.5. The van der Waals surface area contributed by atoms with Crippen LogP contribution in [0.1, 0.15) is 6.92 Å². The summed E-state index contributed by atoms with van der Waals surface area (Å²) in [4.78, 5) is 11.4. The highest BCUT2D eigenvalue weighted by atomic mass is 16.5. The molecular weight excluding hydrogens is 432 g/mol. The SMILES string of the molecule is CNCC(C)(O)CN(c1cc(OC)cc(OC)c1)c1ccc2ncc(-c3cnn(C)c3)nc2c1. The van der Waals surface area contributed by atoms with Crippen LogP contribution >= 0.6 is 0 Å². The maximum atomic E-state index is 11.1. The Hall–Kier alpha value is -3.69. The molecule has 2 heterocycles. The summed E-state index contributed by atoms with van der Waals surface area (Å²) in [5, 5.41) is 18.4. The molecule has 4 aromatic rings. The summed E-state index contributed by atoms with van der Waals surface area (Å²) in [6.07, 6.45) is 5.42. The lowest BCUT2D eigenvalue weighted by molar-refractivity contribution is 0.0709. The second-order valence-corrected chi connectivity index (χ2v) is 8.52. The molecule has 0 fully saturated rings. The van der Waals surface area contributed by atoms with E-state index < -0.39 is 5.60 Å². The lowest BCUT2D eigenvalue weighted by Gasteiger charge is -2.33. The van der Waals surface area contributed by atoms with E-state index in [2.05, 4.69) is 15.4 Å². The molecule has 0 bridgehead atoms. The molecule has 2 aromatic carbocycles. The molecule has 9 nitrogen and oxygen atoms in total.